The van der Waals surface area contributed by atoms with Gasteiger partial charge in [-0.25, -0.2) is 0 Å². The van der Waals surface area contributed by atoms with E-state index in [2.05, 4.69) is 24.1 Å². The summed E-state index contributed by atoms with van der Waals surface area (Å²) < 4.78 is 0. The first-order chi connectivity index (χ1) is 10.6. The summed E-state index contributed by atoms with van der Waals surface area (Å²) in [6, 6.07) is 5.83. The molecule has 1 heterocycles. The van der Waals surface area contributed by atoms with Crippen molar-refractivity contribution in [3.63, 3.8) is 0 Å². The number of carbonyl (C=O) groups excluding carboxylic acids is 1. The molecule has 0 spiro atoms. The van der Waals surface area contributed by atoms with Crippen LogP contribution < -0.4 is 10.2 Å². The molecule has 1 fully saturated rings. The first kappa shape index (κ1) is 17.5. The third-order valence-corrected chi connectivity index (χ3v) is 5.14. The van der Waals surface area contributed by atoms with Gasteiger partial charge in [0.15, 0.2) is 0 Å². The van der Waals surface area contributed by atoms with E-state index < -0.39 is 0 Å². The minimum Gasteiger partial charge on any atom is -0.369 e. The Morgan fingerprint density at radius 2 is 2.14 bits per heavy atom. The molecule has 3 nitrogen and oxygen atoms in total. The van der Waals surface area contributed by atoms with Crippen LogP contribution in [0.4, 0.5) is 11.4 Å². The SMILES string of the molecule is CCCC(C)CC(=O)Nc1ccc(N2CCSCC2)c(Cl)c1. The Bertz CT molecular complexity index is 503. The summed E-state index contributed by atoms with van der Waals surface area (Å²) in [5.41, 5.74) is 1.85. The number of anilines is 2. The fourth-order valence-electron chi connectivity index (χ4n) is 2.77. The smallest absolute Gasteiger partial charge is 0.224 e. The van der Waals surface area contributed by atoms with Crippen LogP contribution in [0.5, 0.6) is 0 Å². The Labute approximate surface area is 142 Å². The van der Waals surface area contributed by atoms with Gasteiger partial charge < -0.3 is 10.2 Å². The molecule has 0 aromatic heterocycles. The summed E-state index contributed by atoms with van der Waals surface area (Å²) in [4.78, 5) is 14.3. The van der Waals surface area contributed by atoms with Crippen molar-refractivity contribution in [2.24, 2.45) is 5.92 Å². The van der Waals surface area contributed by atoms with Gasteiger partial charge in [-0.2, -0.15) is 11.8 Å². The number of rotatable bonds is 6. The Balaban J connectivity index is 1.95. The maximum atomic E-state index is 12.0. The zero-order valence-corrected chi connectivity index (χ0v) is 15.0. The second-order valence-corrected chi connectivity index (χ2v) is 7.54. The molecule has 1 saturated heterocycles. The number of nitrogens with one attached hydrogen (secondary N) is 1. The van der Waals surface area contributed by atoms with Gasteiger partial charge in [0.05, 0.1) is 10.7 Å². The largest absolute Gasteiger partial charge is 0.369 e. The lowest BCUT2D eigenvalue weighted by Gasteiger charge is -2.29. The molecule has 1 N–H and O–H groups in total. The predicted octanol–water partition coefficient (Wildman–Crippen LogP) is 4.66. The van der Waals surface area contributed by atoms with Gasteiger partial charge in [0.2, 0.25) is 5.91 Å². The lowest BCUT2D eigenvalue weighted by Crippen LogP contribution is -2.32. The van der Waals surface area contributed by atoms with E-state index in [0.717, 1.165) is 48.8 Å². The first-order valence-corrected chi connectivity index (χ1v) is 9.55. The fourth-order valence-corrected chi connectivity index (χ4v) is 3.97. The molecule has 0 saturated carbocycles. The van der Waals surface area contributed by atoms with Crippen molar-refractivity contribution < 1.29 is 4.79 Å². The minimum atomic E-state index is 0.0686. The second-order valence-electron chi connectivity index (χ2n) is 5.91. The molecule has 5 heteroatoms. The Kier molecular flexibility index (Phi) is 6.90. The van der Waals surface area contributed by atoms with Crippen LogP contribution in [-0.4, -0.2) is 30.5 Å². The lowest BCUT2D eigenvalue weighted by atomic mass is 10.0. The van der Waals surface area contributed by atoms with Crippen molar-refractivity contribution in [2.45, 2.75) is 33.1 Å². The molecule has 1 unspecified atom stereocenters. The number of nitrogens with zero attached hydrogens (tertiary/aromatic N) is 1. The number of thioether (sulfide) groups is 1. The van der Waals surface area contributed by atoms with Crippen LogP contribution in [0.15, 0.2) is 18.2 Å². The maximum Gasteiger partial charge on any atom is 0.224 e. The summed E-state index contributed by atoms with van der Waals surface area (Å²) in [7, 11) is 0. The topological polar surface area (TPSA) is 32.3 Å². The van der Waals surface area contributed by atoms with Crippen molar-refractivity contribution in [2.75, 3.05) is 34.8 Å². The molecule has 1 aliphatic rings. The summed E-state index contributed by atoms with van der Waals surface area (Å²) in [6.07, 6.45) is 2.76. The summed E-state index contributed by atoms with van der Waals surface area (Å²) in [6.45, 7) is 6.33. The van der Waals surface area contributed by atoms with Crippen LogP contribution in [0.2, 0.25) is 5.02 Å². The average Bonchev–Trinajstić information content (AvgIpc) is 2.48. The molecule has 1 aromatic carbocycles. The number of hydrogen-bond donors (Lipinski definition) is 1. The molecule has 122 valence electrons. The van der Waals surface area contributed by atoms with Gasteiger partial charge in [0.25, 0.3) is 0 Å². The first-order valence-electron chi connectivity index (χ1n) is 8.02. The van der Waals surface area contributed by atoms with Crippen molar-refractivity contribution in [3.05, 3.63) is 23.2 Å². The van der Waals surface area contributed by atoms with Crippen molar-refractivity contribution in [3.8, 4) is 0 Å². The number of benzene rings is 1. The van der Waals surface area contributed by atoms with Gasteiger partial charge in [0.1, 0.15) is 0 Å². The molecule has 2 rings (SSSR count). The molecule has 0 aliphatic carbocycles. The lowest BCUT2D eigenvalue weighted by molar-refractivity contribution is -0.117. The third kappa shape index (κ3) is 5.10. The van der Waals surface area contributed by atoms with E-state index in [0.29, 0.717) is 17.4 Å². The zero-order valence-electron chi connectivity index (χ0n) is 13.4. The highest BCUT2D eigenvalue weighted by Crippen LogP contribution is 2.30. The van der Waals surface area contributed by atoms with Gasteiger partial charge in [-0.15, -0.1) is 0 Å². The molecule has 1 aliphatic heterocycles. The zero-order chi connectivity index (χ0) is 15.9. The van der Waals surface area contributed by atoms with E-state index in [1.807, 2.05) is 30.0 Å². The number of carbonyl (C=O) groups is 1. The van der Waals surface area contributed by atoms with E-state index >= 15 is 0 Å². The highest BCUT2D eigenvalue weighted by Gasteiger charge is 2.15. The second kappa shape index (κ2) is 8.68. The molecule has 1 amide bonds. The maximum absolute atomic E-state index is 12.0. The van der Waals surface area contributed by atoms with E-state index in [1.54, 1.807) is 0 Å². The molecule has 0 radical (unpaired) electrons. The highest BCUT2D eigenvalue weighted by molar-refractivity contribution is 7.99. The summed E-state index contributed by atoms with van der Waals surface area (Å²) in [5.74, 6) is 2.78. The fraction of sp³-hybridized carbons (Fsp3) is 0.588. The van der Waals surface area contributed by atoms with E-state index in [-0.39, 0.29) is 5.91 Å². The number of hydrogen-bond acceptors (Lipinski definition) is 3. The van der Waals surface area contributed by atoms with E-state index in [1.165, 1.54) is 0 Å². The molecule has 22 heavy (non-hydrogen) atoms. The third-order valence-electron chi connectivity index (χ3n) is 3.90. The van der Waals surface area contributed by atoms with Crippen molar-refractivity contribution in [1.29, 1.82) is 0 Å². The normalized spacial score (nSPS) is 16.4. The van der Waals surface area contributed by atoms with Crippen LogP contribution in [0.25, 0.3) is 0 Å². The Hall–Kier alpha value is -0.870. The number of halogens is 1. The Morgan fingerprint density at radius 3 is 2.77 bits per heavy atom. The Morgan fingerprint density at radius 1 is 1.41 bits per heavy atom. The van der Waals surface area contributed by atoms with Crippen LogP contribution in [-0.2, 0) is 4.79 Å². The van der Waals surface area contributed by atoms with E-state index in [4.69, 9.17) is 11.6 Å². The van der Waals surface area contributed by atoms with Crippen LogP contribution in [0.1, 0.15) is 33.1 Å². The quantitative estimate of drug-likeness (QED) is 0.817. The van der Waals surface area contributed by atoms with Gasteiger partial charge in [-0.05, 0) is 24.1 Å². The average molecular weight is 341 g/mol. The van der Waals surface area contributed by atoms with Crippen molar-refractivity contribution in [1.82, 2.24) is 0 Å². The van der Waals surface area contributed by atoms with Gasteiger partial charge >= 0.3 is 0 Å². The van der Waals surface area contributed by atoms with Crippen LogP contribution in [0, 0.1) is 5.92 Å². The highest BCUT2D eigenvalue weighted by atomic mass is 35.5. The van der Waals surface area contributed by atoms with E-state index in [9.17, 15) is 4.79 Å². The van der Waals surface area contributed by atoms with Gasteiger partial charge in [0, 0.05) is 36.7 Å². The monoisotopic (exact) mass is 340 g/mol. The number of amides is 1. The van der Waals surface area contributed by atoms with Gasteiger partial charge in [-0.3, -0.25) is 4.79 Å². The van der Waals surface area contributed by atoms with Crippen LogP contribution in [0.3, 0.4) is 0 Å². The standard InChI is InChI=1S/C17H25ClN2OS/c1-3-4-13(2)11-17(21)19-14-5-6-16(15(18)12-14)20-7-9-22-10-8-20/h5-6,12-13H,3-4,7-11H2,1-2H3,(H,19,21). The molecule has 0 bridgehead atoms. The minimum absolute atomic E-state index is 0.0686. The molecular weight excluding hydrogens is 316 g/mol. The molecule has 1 aromatic rings. The van der Waals surface area contributed by atoms with Crippen molar-refractivity contribution >= 4 is 40.6 Å². The summed E-state index contributed by atoms with van der Waals surface area (Å²) in [5, 5.41) is 3.67. The van der Waals surface area contributed by atoms with Crippen LogP contribution >= 0.6 is 23.4 Å². The van der Waals surface area contributed by atoms with Gasteiger partial charge in [-0.1, -0.05) is 38.3 Å². The molecule has 1 atom stereocenters. The summed E-state index contributed by atoms with van der Waals surface area (Å²) >= 11 is 8.38. The molecular formula is C17H25ClN2OS. The predicted molar refractivity (Wildman–Crippen MR) is 98.3 cm³/mol.